The van der Waals surface area contributed by atoms with Gasteiger partial charge in [-0.25, -0.2) is 0 Å². The zero-order valence-electron chi connectivity index (χ0n) is 8.25. The van der Waals surface area contributed by atoms with Gasteiger partial charge in [0, 0.05) is 20.0 Å². The van der Waals surface area contributed by atoms with Crippen molar-refractivity contribution in [2.75, 3.05) is 19.6 Å². The summed E-state index contributed by atoms with van der Waals surface area (Å²) in [5, 5.41) is 0. The van der Waals surface area contributed by atoms with Crippen molar-refractivity contribution >= 4 is 5.91 Å². The van der Waals surface area contributed by atoms with E-state index in [-0.39, 0.29) is 5.91 Å². The molecule has 1 amide bonds. The van der Waals surface area contributed by atoms with E-state index in [1.54, 1.807) is 6.92 Å². The highest BCUT2D eigenvalue weighted by Crippen LogP contribution is 2.51. The molecule has 0 atom stereocenters. The molecule has 0 bridgehead atoms. The van der Waals surface area contributed by atoms with E-state index in [0.717, 1.165) is 25.6 Å². The Balaban J connectivity index is 1.89. The lowest BCUT2D eigenvalue weighted by atomic mass is 9.61. The molecule has 0 aromatic heterocycles. The fourth-order valence-electron chi connectivity index (χ4n) is 2.87. The minimum Gasteiger partial charge on any atom is -0.342 e. The topological polar surface area (TPSA) is 46.3 Å². The molecular weight excluding hydrogens is 164 g/mol. The summed E-state index contributed by atoms with van der Waals surface area (Å²) < 4.78 is 0. The SMILES string of the molecule is CC(=O)N1CCC2(CC(CN)C2)C1. The summed E-state index contributed by atoms with van der Waals surface area (Å²) in [6, 6.07) is 0. The Morgan fingerprint density at radius 3 is 2.77 bits per heavy atom. The van der Waals surface area contributed by atoms with Crippen LogP contribution in [-0.2, 0) is 4.79 Å². The van der Waals surface area contributed by atoms with Crippen LogP contribution in [0.15, 0.2) is 0 Å². The van der Waals surface area contributed by atoms with Crippen molar-refractivity contribution in [1.82, 2.24) is 4.90 Å². The first kappa shape index (κ1) is 9.00. The molecule has 0 unspecified atom stereocenters. The Bertz CT molecular complexity index is 221. The monoisotopic (exact) mass is 182 g/mol. The average Bonchev–Trinajstić information content (AvgIpc) is 2.45. The van der Waals surface area contributed by atoms with Crippen LogP contribution in [0.3, 0.4) is 0 Å². The number of nitrogens with zero attached hydrogens (tertiary/aromatic N) is 1. The average molecular weight is 182 g/mol. The second kappa shape index (κ2) is 2.98. The second-order valence-electron chi connectivity index (χ2n) is 4.70. The van der Waals surface area contributed by atoms with Gasteiger partial charge in [-0.3, -0.25) is 4.79 Å². The first-order chi connectivity index (χ1) is 6.15. The molecule has 1 spiro atoms. The van der Waals surface area contributed by atoms with Gasteiger partial charge in [0.05, 0.1) is 0 Å². The van der Waals surface area contributed by atoms with Crippen molar-refractivity contribution in [3.8, 4) is 0 Å². The molecule has 0 aromatic rings. The molecule has 3 nitrogen and oxygen atoms in total. The predicted octanol–water partition coefficient (Wildman–Crippen LogP) is 0.594. The normalized spacial score (nSPS) is 38.0. The number of hydrogen-bond donors (Lipinski definition) is 1. The standard InChI is InChI=1S/C10H18N2O/c1-8(13)12-3-2-10(7-12)4-9(5-10)6-11/h9H,2-7,11H2,1H3. The summed E-state index contributed by atoms with van der Waals surface area (Å²) in [6.45, 7) is 4.44. The van der Waals surface area contributed by atoms with Gasteiger partial charge in [0.25, 0.3) is 0 Å². The van der Waals surface area contributed by atoms with Crippen molar-refractivity contribution in [1.29, 1.82) is 0 Å². The molecule has 2 N–H and O–H groups in total. The Labute approximate surface area is 79.3 Å². The molecule has 13 heavy (non-hydrogen) atoms. The third-order valence-corrected chi connectivity index (χ3v) is 3.66. The van der Waals surface area contributed by atoms with E-state index in [1.807, 2.05) is 4.90 Å². The van der Waals surface area contributed by atoms with E-state index in [4.69, 9.17) is 5.73 Å². The highest BCUT2D eigenvalue weighted by Gasteiger charge is 2.48. The Hall–Kier alpha value is -0.570. The van der Waals surface area contributed by atoms with E-state index in [0.29, 0.717) is 5.41 Å². The molecule has 0 aromatic carbocycles. The fraction of sp³-hybridized carbons (Fsp3) is 0.900. The van der Waals surface area contributed by atoms with Gasteiger partial charge >= 0.3 is 0 Å². The highest BCUT2D eigenvalue weighted by atomic mass is 16.2. The minimum absolute atomic E-state index is 0.230. The maximum absolute atomic E-state index is 11.1. The van der Waals surface area contributed by atoms with E-state index < -0.39 is 0 Å². The molecule has 1 heterocycles. The van der Waals surface area contributed by atoms with Crippen LogP contribution >= 0.6 is 0 Å². The van der Waals surface area contributed by atoms with E-state index in [1.165, 1.54) is 19.3 Å². The molecule has 2 fully saturated rings. The maximum Gasteiger partial charge on any atom is 0.219 e. The fourth-order valence-corrected chi connectivity index (χ4v) is 2.87. The highest BCUT2D eigenvalue weighted by molar-refractivity contribution is 5.73. The van der Waals surface area contributed by atoms with Crippen LogP contribution in [-0.4, -0.2) is 30.4 Å². The van der Waals surface area contributed by atoms with Crippen molar-refractivity contribution < 1.29 is 4.79 Å². The van der Waals surface area contributed by atoms with Crippen molar-refractivity contribution in [3.05, 3.63) is 0 Å². The summed E-state index contributed by atoms with van der Waals surface area (Å²) in [7, 11) is 0. The van der Waals surface area contributed by atoms with Crippen LogP contribution in [0.5, 0.6) is 0 Å². The van der Waals surface area contributed by atoms with Crippen LogP contribution in [0.1, 0.15) is 26.2 Å². The molecule has 2 aliphatic rings. The first-order valence-electron chi connectivity index (χ1n) is 5.11. The molecule has 1 aliphatic carbocycles. The van der Waals surface area contributed by atoms with E-state index >= 15 is 0 Å². The number of amides is 1. The molecule has 1 saturated carbocycles. The van der Waals surface area contributed by atoms with Gasteiger partial charge in [-0.15, -0.1) is 0 Å². The quantitative estimate of drug-likeness (QED) is 0.645. The van der Waals surface area contributed by atoms with Crippen molar-refractivity contribution in [2.24, 2.45) is 17.1 Å². The summed E-state index contributed by atoms with van der Waals surface area (Å²) in [6.07, 6.45) is 3.68. The Kier molecular flexibility index (Phi) is 2.06. The van der Waals surface area contributed by atoms with Crippen LogP contribution in [0.25, 0.3) is 0 Å². The number of rotatable bonds is 1. The lowest BCUT2D eigenvalue weighted by molar-refractivity contribution is -0.128. The summed E-state index contributed by atoms with van der Waals surface area (Å²) in [4.78, 5) is 13.1. The molecule has 3 heteroatoms. The van der Waals surface area contributed by atoms with Gasteiger partial charge in [0.15, 0.2) is 0 Å². The first-order valence-corrected chi connectivity index (χ1v) is 5.11. The van der Waals surface area contributed by atoms with Gasteiger partial charge in [-0.05, 0) is 37.1 Å². The van der Waals surface area contributed by atoms with Crippen LogP contribution in [0, 0.1) is 11.3 Å². The van der Waals surface area contributed by atoms with Gasteiger partial charge in [-0.2, -0.15) is 0 Å². The molecular formula is C10H18N2O. The number of carbonyl (C=O) groups excluding carboxylic acids is 1. The van der Waals surface area contributed by atoms with E-state index in [2.05, 4.69) is 0 Å². The molecule has 0 radical (unpaired) electrons. The molecule has 1 saturated heterocycles. The zero-order chi connectivity index (χ0) is 9.47. The van der Waals surface area contributed by atoms with Crippen LogP contribution in [0.4, 0.5) is 0 Å². The zero-order valence-corrected chi connectivity index (χ0v) is 8.25. The lowest BCUT2D eigenvalue weighted by Crippen LogP contribution is -2.43. The second-order valence-corrected chi connectivity index (χ2v) is 4.70. The van der Waals surface area contributed by atoms with Crippen molar-refractivity contribution in [3.63, 3.8) is 0 Å². The Morgan fingerprint density at radius 2 is 2.31 bits per heavy atom. The summed E-state index contributed by atoms with van der Waals surface area (Å²) >= 11 is 0. The van der Waals surface area contributed by atoms with Gasteiger partial charge in [0.2, 0.25) is 5.91 Å². The van der Waals surface area contributed by atoms with E-state index in [9.17, 15) is 4.79 Å². The number of hydrogen-bond acceptors (Lipinski definition) is 2. The number of nitrogens with two attached hydrogens (primary N) is 1. The van der Waals surface area contributed by atoms with Crippen LogP contribution < -0.4 is 5.73 Å². The third kappa shape index (κ3) is 1.46. The number of likely N-dealkylation sites (tertiary alicyclic amines) is 1. The van der Waals surface area contributed by atoms with Gasteiger partial charge in [-0.1, -0.05) is 0 Å². The third-order valence-electron chi connectivity index (χ3n) is 3.66. The number of carbonyl (C=O) groups is 1. The van der Waals surface area contributed by atoms with Crippen molar-refractivity contribution in [2.45, 2.75) is 26.2 Å². The molecule has 1 aliphatic heterocycles. The van der Waals surface area contributed by atoms with Gasteiger partial charge in [0.1, 0.15) is 0 Å². The van der Waals surface area contributed by atoms with Crippen LogP contribution in [0.2, 0.25) is 0 Å². The Morgan fingerprint density at radius 1 is 1.62 bits per heavy atom. The van der Waals surface area contributed by atoms with Gasteiger partial charge < -0.3 is 10.6 Å². The minimum atomic E-state index is 0.230. The smallest absolute Gasteiger partial charge is 0.219 e. The molecule has 74 valence electrons. The molecule has 2 rings (SSSR count). The summed E-state index contributed by atoms with van der Waals surface area (Å²) in [5.74, 6) is 0.958. The summed E-state index contributed by atoms with van der Waals surface area (Å²) in [5.41, 5.74) is 6.07. The maximum atomic E-state index is 11.1. The largest absolute Gasteiger partial charge is 0.342 e. The predicted molar refractivity (Wildman–Crippen MR) is 51.1 cm³/mol. The lowest BCUT2D eigenvalue weighted by Gasteiger charge is -2.44.